The second-order valence-corrected chi connectivity index (χ2v) is 5.15. The third-order valence-electron chi connectivity index (χ3n) is 3.97. The molecule has 98 valence electrons. The molecule has 2 fully saturated rings. The zero-order valence-corrected chi connectivity index (χ0v) is 10.6. The molecule has 2 heterocycles. The molecule has 1 amide bonds. The van der Waals surface area contributed by atoms with Crippen LogP contribution in [0.1, 0.15) is 38.5 Å². The fourth-order valence-electron chi connectivity index (χ4n) is 2.96. The lowest BCUT2D eigenvalue weighted by molar-refractivity contribution is -0.139. The van der Waals surface area contributed by atoms with E-state index in [2.05, 4.69) is 4.90 Å². The molecule has 2 N–H and O–H groups in total. The Balaban J connectivity index is 1.88. The lowest BCUT2D eigenvalue weighted by Crippen LogP contribution is -2.41. The number of amides is 1. The Kier molecular flexibility index (Phi) is 4.80. The van der Waals surface area contributed by atoms with Crippen molar-refractivity contribution in [3.05, 3.63) is 0 Å². The van der Waals surface area contributed by atoms with Crippen molar-refractivity contribution < 1.29 is 9.53 Å². The number of nitrogens with zero attached hydrogens (tertiary/aromatic N) is 1. The van der Waals surface area contributed by atoms with Crippen molar-refractivity contribution in [2.24, 2.45) is 11.7 Å². The third-order valence-corrected chi connectivity index (χ3v) is 3.97. The monoisotopic (exact) mass is 240 g/mol. The molecule has 0 spiro atoms. The van der Waals surface area contributed by atoms with Gasteiger partial charge in [0.15, 0.2) is 0 Å². The summed E-state index contributed by atoms with van der Waals surface area (Å²) in [7, 11) is 0. The zero-order chi connectivity index (χ0) is 12.1. The van der Waals surface area contributed by atoms with E-state index in [4.69, 9.17) is 10.5 Å². The molecular formula is C13H24N2O2. The van der Waals surface area contributed by atoms with Gasteiger partial charge in [-0.15, -0.1) is 0 Å². The minimum Gasteiger partial charge on any atom is -0.381 e. The summed E-state index contributed by atoms with van der Waals surface area (Å²) >= 11 is 0. The average Bonchev–Trinajstić information content (AvgIpc) is 2.84. The number of rotatable bonds is 4. The largest absolute Gasteiger partial charge is 0.381 e. The maximum Gasteiger partial charge on any atom is 0.226 e. The highest BCUT2D eigenvalue weighted by molar-refractivity contribution is 5.79. The van der Waals surface area contributed by atoms with E-state index in [-0.39, 0.29) is 5.92 Å². The Labute approximate surface area is 103 Å². The van der Waals surface area contributed by atoms with Crippen molar-refractivity contribution in [2.45, 2.75) is 44.6 Å². The maximum absolute atomic E-state index is 12.4. The molecule has 2 saturated heterocycles. The predicted molar refractivity (Wildman–Crippen MR) is 66.6 cm³/mol. The summed E-state index contributed by atoms with van der Waals surface area (Å²) in [6, 6.07) is 0.453. The van der Waals surface area contributed by atoms with E-state index in [9.17, 15) is 4.79 Å². The van der Waals surface area contributed by atoms with E-state index in [1.807, 2.05) is 0 Å². The lowest BCUT2D eigenvalue weighted by atomic mass is 9.97. The maximum atomic E-state index is 12.4. The molecule has 0 aromatic carbocycles. The van der Waals surface area contributed by atoms with Gasteiger partial charge in [-0.2, -0.15) is 0 Å². The van der Waals surface area contributed by atoms with Gasteiger partial charge in [-0.25, -0.2) is 0 Å². The molecule has 2 rings (SSSR count). The van der Waals surface area contributed by atoms with Crippen LogP contribution in [0.4, 0.5) is 0 Å². The van der Waals surface area contributed by atoms with Crippen LogP contribution in [0.5, 0.6) is 0 Å². The zero-order valence-electron chi connectivity index (χ0n) is 10.6. The summed E-state index contributed by atoms with van der Waals surface area (Å²) < 4.78 is 5.32. The number of hydrogen-bond donors (Lipinski definition) is 1. The quantitative estimate of drug-likeness (QED) is 0.802. The molecule has 4 heteroatoms. The number of likely N-dealkylation sites (tertiary alicyclic amines) is 1. The molecule has 0 aromatic heterocycles. The van der Waals surface area contributed by atoms with Crippen LogP contribution in [-0.2, 0) is 9.53 Å². The first kappa shape index (κ1) is 12.8. The molecule has 1 unspecified atom stereocenters. The third kappa shape index (κ3) is 3.19. The Bertz CT molecular complexity index is 252. The Morgan fingerprint density at radius 3 is 2.76 bits per heavy atom. The number of carbonyl (C=O) groups excluding carboxylic acids is 1. The SMILES string of the molecule is NCCCC1CCCN1C(=O)C1CCOCC1. The van der Waals surface area contributed by atoms with Gasteiger partial charge in [0.05, 0.1) is 0 Å². The van der Waals surface area contributed by atoms with Crippen molar-refractivity contribution in [1.82, 2.24) is 4.90 Å². The summed E-state index contributed by atoms with van der Waals surface area (Å²) in [5, 5.41) is 0. The van der Waals surface area contributed by atoms with Crippen LogP contribution in [0.25, 0.3) is 0 Å². The molecule has 2 aliphatic rings. The van der Waals surface area contributed by atoms with Gasteiger partial charge in [-0.1, -0.05) is 0 Å². The highest BCUT2D eigenvalue weighted by Gasteiger charge is 2.33. The topological polar surface area (TPSA) is 55.6 Å². The number of ether oxygens (including phenoxy) is 1. The van der Waals surface area contributed by atoms with E-state index < -0.39 is 0 Å². The van der Waals surface area contributed by atoms with Crippen LogP contribution < -0.4 is 5.73 Å². The van der Waals surface area contributed by atoms with Crippen molar-refractivity contribution in [2.75, 3.05) is 26.3 Å². The standard InChI is InChI=1S/C13H24N2O2/c14-7-1-3-12-4-2-8-15(12)13(16)11-5-9-17-10-6-11/h11-12H,1-10,14H2. The molecule has 0 bridgehead atoms. The smallest absolute Gasteiger partial charge is 0.226 e. The minimum absolute atomic E-state index is 0.210. The van der Waals surface area contributed by atoms with Crippen LogP contribution in [-0.4, -0.2) is 43.2 Å². The van der Waals surface area contributed by atoms with E-state index >= 15 is 0 Å². The number of nitrogens with two attached hydrogens (primary N) is 1. The fraction of sp³-hybridized carbons (Fsp3) is 0.923. The molecule has 0 aliphatic carbocycles. The second-order valence-electron chi connectivity index (χ2n) is 5.15. The van der Waals surface area contributed by atoms with Gasteiger partial charge in [-0.05, 0) is 45.1 Å². The number of hydrogen-bond acceptors (Lipinski definition) is 3. The fourth-order valence-corrected chi connectivity index (χ4v) is 2.96. The van der Waals surface area contributed by atoms with Crippen molar-refractivity contribution >= 4 is 5.91 Å². The highest BCUT2D eigenvalue weighted by Crippen LogP contribution is 2.26. The van der Waals surface area contributed by atoms with Gasteiger partial charge >= 0.3 is 0 Å². The van der Waals surface area contributed by atoms with Gasteiger partial charge in [0.2, 0.25) is 5.91 Å². The van der Waals surface area contributed by atoms with Crippen LogP contribution in [0.2, 0.25) is 0 Å². The van der Waals surface area contributed by atoms with E-state index in [1.165, 1.54) is 0 Å². The van der Waals surface area contributed by atoms with Gasteiger partial charge in [0.25, 0.3) is 0 Å². The van der Waals surface area contributed by atoms with Crippen LogP contribution in [0, 0.1) is 5.92 Å². The van der Waals surface area contributed by atoms with Crippen LogP contribution >= 0.6 is 0 Å². The molecule has 2 aliphatic heterocycles. The molecule has 17 heavy (non-hydrogen) atoms. The molecule has 0 aromatic rings. The van der Waals surface area contributed by atoms with E-state index in [1.54, 1.807) is 0 Å². The first-order valence-electron chi connectivity index (χ1n) is 6.91. The minimum atomic E-state index is 0.210. The molecule has 0 radical (unpaired) electrons. The first-order valence-corrected chi connectivity index (χ1v) is 6.91. The average molecular weight is 240 g/mol. The summed E-state index contributed by atoms with van der Waals surface area (Å²) in [6.07, 6.45) is 6.23. The van der Waals surface area contributed by atoms with E-state index in [0.29, 0.717) is 11.9 Å². The van der Waals surface area contributed by atoms with Crippen molar-refractivity contribution in [3.63, 3.8) is 0 Å². The first-order chi connectivity index (χ1) is 8.33. The Morgan fingerprint density at radius 2 is 2.06 bits per heavy atom. The van der Waals surface area contributed by atoms with Gasteiger partial charge in [0.1, 0.15) is 0 Å². The number of carbonyl (C=O) groups is 1. The molecule has 4 nitrogen and oxygen atoms in total. The summed E-state index contributed by atoms with van der Waals surface area (Å²) in [6.45, 7) is 3.18. The van der Waals surface area contributed by atoms with Crippen molar-refractivity contribution in [3.8, 4) is 0 Å². The summed E-state index contributed by atoms with van der Waals surface area (Å²) in [4.78, 5) is 14.5. The van der Waals surface area contributed by atoms with Crippen LogP contribution in [0.3, 0.4) is 0 Å². The lowest BCUT2D eigenvalue weighted by Gasteiger charge is -2.30. The summed E-state index contributed by atoms with van der Waals surface area (Å²) in [5.41, 5.74) is 5.55. The van der Waals surface area contributed by atoms with Gasteiger partial charge in [0, 0.05) is 31.7 Å². The van der Waals surface area contributed by atoms with E-state index in [0.717, 1.165) is 64.8 Å². The van der Waals surface area contributed by atoms with Gasteiger partial charge < -0.3 is 15.4 Å². The van der Waals surface area contributed by atoms with Crippen LogP contribution in [0.15, 0.2) is 0 Å². The van der Waals surface area contributed by atoms with Crippen molar-refractivity contribution in [1.29, 1.82) is 0 Å². The Hall–Kier alpha value is -0.610. The predicted octanol–water partition coefficient (Wildman–Crippen LogP) is 1.14. The molecular weight excluding hydrogens is 216 g/mol. The molecule has 1 atom stereocenters. The molecule has 0 saturated carbocycles. The second kappa shape index (κ2) is 6.36. The highest BCUT2D eigenvalue weighted by atomic mass is 16.5. The van der Waals surface area contributed by atoms with Gasteiger partial charge in [-0.3, -0.25) is 4.79 Å². The Morgan fingerprint density at radius 1 is 1.29 bits per heavy atom. The normalized spacial score (nSPS) is 26.4. The summed E-state index contributed by atoms with van der Waals surface area (Å²) in [5.74, 6) is 0.579.